The lowest BCUT2D eigenvalue weighted by atomic mass is 10.2. The summed E-state index contributed by atoms with van der Waals surface area (Å²) in [6, 6.07) is 7.15. The second-order valence-electron chi connectivity index (χ2n) is 5.26. The number of carbonyl (C=O) groups excluding carboxylic acids is 1. The summed E-state index contributed by atoms with van der Waals surface area (Å²) in [6.45, 7) is 1.52. The molecule has 2 aromatic rings. The smallest absolute Gasteiger partial charge is 0.277 e. The van der Waals surface area contributed by atoms with Gasteiger partial charge in [-0.2, -0.15) is 0 Å². The van der Waals surface area contributed by atoms with Crippen LogP contribution in [0.2, 0.25) is 0 Å². The first kappa shape index (κ1) is 15.5. The van der Waals surface area contributed by atoms with E-state index in [-0.39, 0.29) is 24.2 Å². The lowest BCUT2D eigenvalue weighted by Crippen LogP contribution is -2.16. The molecule has 23 heavy (non-hydrogen) atoms. The highest BCUT2D eigenvalue weighted by molar-refractivity contribution is 6.02. The molecule has 1 unspecified atom stereocenters. The molecule has 1 aromatic heterocycles. The summed E-state index contributed by atoms with van der Waals surface area (Å²) in [7, 11) is 0. The van der Waals surface area contributed by atoms with Crippen LogP contribution in [0.5, 0.6) is 5.75 Å². The minimum Gasteiger partial charge on any atom is -0.491 e. The zero-order chi connectivity index (χ0) is 16.1. The summed E-state index contributed by atoms with van der Waals surface area (Å²) in [5.74, 6) is 0.722. The lowest BCUT2D eigenvalue weighted by molar-refractivity contribution is 0.0679. The molecular weight excluding hydrogens is 298 g/mol. The average molecular weight is 317 g/mol. The Hall–Kier alpha value is -2.38. The number of oxazole rings is 1. The second-order valence-corrected chi connectivity index (χ2v) is 5.26. The fourth-order valence-electron chi connectivity index (χ4n) is 2.30. The van der Waals surface area contributed by atoms with Gasteiger partial charge >= 0.3 is 0 Å². The van der Waals surface area contributed by atoms with Crippen LogP contribution in [0.1, 0.15) is 29.2 Å². The van der Waals surface area contributed by atoms with E-state index >= 15 is 0 Å². The molecule has 0 radical (unpaired) electrons. The molecule has 7 heteroatoms. The number of nitrogens with two attached hydrogens (primary N) is 1. The van der Waals surface area contributed by atoms with Crippen molar-refractivity contribution in [2.75, 3.05) is 18.5 Å². The highest BCUT2D eigenvalue weighted by Gasteiger charge is 2.16. The zero-order valence-corrected chi connectivity index (χ0v) is 12.7. The van der Waals surface area contributed by atoms with Crippen molar-refractivity contribution in [2.24, 2.45) is 5.73 Å². The Balaban J connectivity index is 1.53. The van der Waals surface area contributed by atoms with Crippen LogP contribution >= 0.6 is 0 Å². The summed E-state index contributed by atoms with van der Waals surface area (Å²) in [5, 5.41) is 2.74. The van der Waals surface area contributed by atoms with Crippen LogP contribution in [0, 0.1) is 0 Å². The molecule has 122 valence electrons. The van der Waals surface area contributed by atoms with Gasteiger partial charge in [-0.05, 0) is 37.1 Å². The molecule has 0 saturated carbocycles. The number of carbonyl (C=O) groups is 1. The summed E-state index contributed by atoms with van der Waals surface area (Å²) in [4.78, 5) is 16.0. The number of hydrogen-bond acceptors (Lipinski definition) is 6. The van der Waals surface area contributed by atoms with Crippen LogP contribution < -0.4 is 15.8 Å². The van der Waals surface area contributed by atoms with Crippen LogP contribution in [0.3, 0.4) is 0 Å². The molecule has 1 amide bonds. The monoisotopic (exact) mass is 317 g/mol. The molecular formula is C16H19N3O4. The third kappa shape index (κ3) is 4.08. The standard InChI is InChI=1S/C16H19N3O4/c17-8-15-19-14(10-23-15)16(20)18-11-3-5-12(6-4-11)22-9-13-2-1-7-21-13/h3-6,10,13H,1-2,7-9,17H2,(H,18,20). The van der Waals surface area contributed by atoms with Crippen molar-refractivity contribution >= 4 is 11.6 Å². The van der Waals surface area contributed by atoms with Crippen LogP contribution in [-0.2, 0) is 11.3 Å². The molecule has 3 N–H and O–H groups in total. The van der Waals surface area contributed by atoms with Crippen molar-refractivity contribution in [3.63, 3.8) is 0 Å². The van der Waals surface area contributed by atoms with Gasteiger partial charge in [0.05, 0.1) is 12.6 Å². The number of nitrogens with one attached hydrogen (secondary N) is 1. The largest absolute Gasteiger partial charge is 0.491 e. The summed E-state index contributed by atoms with van der Waals surface area (Å²) in [6.07, 6.45) is 3.60. The second kappa shape index (κ2) is 7.26. The normalized spacial score (nSPS) is 17.2. The van der Waals surface area contributed by atoms with Crippen molar-refractivity contribution in [1.29, 1.82) is 0 Å². The first-order valence-electron chi connectivity index (χ1n) is 7.55. The quantitative estimate of drug-likeness (QED) is 0.844. The minimum atomic E-state index is -0.346. The van der Waals surface area contributed by atoms with Crippen LogP contribution in [-0.4, -0.2) is 30.2 Å². The maximum absolute atomic E-state index is 12.0. The predicted octanol–water partition coefficient (Wildman–Crippen LogP) is 1.94. The Kier molecular flexibility index (Phi) is 4.89. The molecule has 3 rings (SSSR count). The Morgan fingerprint density at radius 1 is 1.39 bits per heavy atom. The lowest BCUT2D eigenvalue weighted by Gasteiger charge is -2.11. The Bertz CT molecular complexity index is 648. The Morgan fingerprint density at radius 2 is 2.22 bits per heavy atom. The highest BCUT2D eigenvalue weighted by Crippen LogP contribution is 2.19. The molecule has 1 saturated heterocycles. The van der Waals surface area contributed by atoms with Gasteiger partial charge in [0.2, 0.25) is 5.89 Å². The van der Waals surface area contributed by atoms with Gasteiger partial charge < -0.3 is 24.9 Å². The van der Waals surface area contributed by atoms with E-state index in [0.29, 0.717) is 18.2 Å². The van der Waals surface area contributed by atoms with Gasteiger partial charge in [0.25, 0.3) is 5.91 Å². The van der Waals surface area contributed by atoms with Gasteiger partial charge in [0, 0.05) is 12.3 Å². The number of aromatic nitrogens is 1. The molecule has 0 bridgehead atoms. The molecule has 1 atom stereocenters. The van der Waals surface area contributed by atoms with Gasteiger partial charge in [-0.25, -0.2) is 4.98 Å². The van der Waals surface area contributed by atoms with Crippen LogP contribution in [0.15, 0.2) is 34.9 Å². The molecule has 1 aromatic carbocycles. The molecule has 7 nitrogen and oxygen atoms in total. The number of ether oxygens (including phenoxy) is 2. The van der Waals surface area contributed by atoms with Crippen molar-refractivity contribution in [1.82, 2.24) is 4.98 Å². The minimum absolute atomic E-state index is 0.157. The van der Waals surface area contributed by atoms with E-state index in [1.807, 2.05) is 0 Å². The Morgan fingerprint density at radius 3 is 2.87 bits per heavy atom. The van der Waals surface area contributed by atoms with Gasteiger partial charge in [0.15, 0.2) is 5.69 Å². The Labute approximate surface area is 133 Å². The summed E-state index contributed by atoms with van der Waals surface area (Å²) >= 11 is 0. The molecule has 0 aliphatic carbocycles. The highest BCUT2D eigenvalue weighted by atomic mass is 16.5. The fourth-order valence-corrected chi connectivity index (χ4v) is 2.30. The van der Waals surface area contributed by atoms with E-state index in [0.717, 1.165) is 25.2 Å². The van der Waals surface area contributed by atoms with Crippen LogP contribution in [0.25, 0.3) is 0 Å². The van der Waals surface area contributed by atoms with E-state index in [2.05, 4.69) is 10.3 Å². The van der Waals surface area contributed by atoms with Gasteiger partial charge in [-0.15, -0.1) is 0 Å². The number of amides is 1. The van der Waals surface area contributed by atoms with E-state index in [9.17, 15) is 4.79 Å². The SMILES string of the molecule is NCc1nc(C(=O)Nc2ccc(OCC3CCCO3)cc2)co1. The molecule has 1 fully saturated rings. The number of rotatable bonds is 6. The van der Waals surface area contributed by atoms with E-state index in [1.54, 1.807) is 24.3 Å². The maximum atomic E-state index is 12.0. The number of hydrogen-bond donors (Lipinski definition) is 2. The van der Waals surface area contributed by atoms with Crippen LogP contribution in [0.4, 0.5) is 5.69 Å². The topological polar surface area (TPSA) is 99.6 Å². The third-order valence-electron chi connectivity index (χ3n) is 3.53. The van der Waals surface area contributed by atoms with Crippen molar-refractivity contribution in [3.05, 3.63) is 42.1 Å². The maximum Gasteiger partial charge on any atom is 0.277 e. The van der Waals surface area contributed by atoms with Crippen molar-refractivity contribution in [2.45, 2.75) is 25.5 Å². The average Bonchev–Trinajstić information content (AvgIpc) is 3.25. The number of benzene rings is 1. The molecule has 0 spiro atoms. The van der Waals surface area contributed by atoms with Gasteiger partial charge in [-0.1, -0.05) is 0 Å². The van der Waals surface area contributed by atoms with E-state index in [4.69, 9.17) is 19.6 Å². The number of nitrogens with zero attached hydrogens (tertiary/aromatic N) is 1. The van der Waals surface area contributed by atoms with E-state index in [1.165, 1.54) is 6.26 Å². The third-order valence-corrected chi connectivity index (χ3v) is 3.53. The summed E-state index contributed by atoms with van der Waals surface area (Å²) in [5.41, 5.74) is 6.24. The van der Waals surface area contributed by atoms with E-state index < -0.39 is 0 Å². The van der Waals surface area contributed by atoms with Crippen molar-refractivity contribution in [3.8, 4) is 5.75 Å². The molecule has 1 aliphatic heterocycles. The molecule has 1 aliphatic rings. The van der Waals surface area contributed by atoms with Gasteiger partial charge in [0.1, 0.15) is 18.6 Å². The number of anilines is 1. The fraction of sp³-hybridized carbons (Fsp3) is 0.375. The van der Waals surface area contributed by atoms with Crippen molar-refractivity contribution < 1.29 is 18.7 Å². The predicted molar refractivity (Wildman–Crippen MR) is 83.3 cm³/mol. The zero-order valence-electron chi connectivity index (χ0n) is 12.7. The first-order chi connectivity index (χ1) is 11.2. The summed E-state index contributed by atoms with van der Waals surface area (Å²) < 4.78 is 16.2. The van der Waals surface area contributed by atoms with Gasteiger partial charge in [-0.3, -0.25) is 4.79 Å². The first-order valence-corrected chi connectivity index (χ1v) is 7.55. The molecule has 2 heterocycles.